The number of para-hydroxylation sites is 1. The van der Waals surface area contributed by atoms with Crippen molar-refractivity contribution in [1.29, 1.82) is 0 Å². The zero-order valence-corrected chi connectivity index (χ0v) is 20.6. The molecule has 0 aromatic heterocycles. The Labute approximate surface area is 216 Å². The summed E-state index contributed by atoms with van der Waals surface area (Å²) in [5.41, 5.74) is 2.73. The van der Waals surface area contributed by atoms with Crippen LogP contribution in [-0.2, 0) is 17.8 Å². The van der Waals surface area contributed by atoms with Crippen LogP contribution in [0.2, 0.25) is 0 Å². The van der Waals surface area contributed by atoms with Crippen LogP contribution in [-0.4, -0.2) is 42.6 Å². The van der Waals surface area contributed by atoms with E-state index in [0.717, 1.165) is 34.1 Å². The van der Waals surface area contributed by atoms with Gasteiger partial charge in [0.2, 0.25) is 0 Å². The SMILES string of the molecule is O=C(NCCCN(CC1Cc2ccccc2O1)C(=O)OCc1ccccc1)c1cccc2ccccc12. The van der Waals surface area contributed by atoms with E-state index < -0.39 is 0 Å². The molecule has 1 aliphatic rings. The van der Waals surface area contributed by atoms with E-state index in [9.17, 15) is 9.59 Å². The van der Waals surface area contributed by atoms with Gasteiger partial charge in [0, 0.05) is 25.1 Å². The minimum atomic E-state index is -0.385. The first-order valence-corrected chi connectivity index (χ1v) is 12.6. The highest BCUT2D eigenvalue weighted by Gasteiger charge is 2.27. The quantitative estimate of drug-likeness (QED) is 0.308. The second-order valence-corrected chi connectivity index (χ2v) is 9.17. The fraction of sp³-hybridized carbons (Fsp3) is 0.226. The Morgan fingerprint density at radius 3 is 2.51 bits per heavy atom. The maximum atomic E-state index is 13.0. The van der Waals surface area contributed by atoms with E-state index >= 15 is 0 Å². The molecule has 0 aliphatic carbocycles. The normalized spacial score (nSPS) is 14.0. The topological polar surface area (TPSA) is 67.9 Å². The van der Waals surface area contributed by atoms with Crippen molar-refractivity contribution in [2.75, 3.05) is 19.6 Å². The van der Waals surface area contributed by atoms with Crippen molar-refractivity contribution in [3.8, 4) is 5.75 Å². The lowest BCUT2D eigenvalue weighted by Crippen LogP contribution is -2.41. The summed E-state index contributed by atoms with van der Waals surface area (Å²) in [6.07, 6.45) is 0.823. The molecule has 4 aromatic rings. The highest BCUT2D eigenvalue weighted by Crippen LogP contribution is 2.28. The van der Waals surface area contributed by atoms with Crippen LogP contribution in [0.15, 0.2) is 97.1 Å². The maximum absolute atomic E-state index is 13.0. The highest BCUT2D eigenvalue weighted by molar-refractivity contribution is 6.06. The minimum Gasteiger partial charge on any atom is -0.488 e. The molecule has 0 bridgehead atoms. The molecule has 1 atom stereocenters. The first kappa shape index (κ1) is 24.4. The summed E-state index contributed by atoms with van der Waals surface area (Å²) in [5, 5.41) is 4.95. The van der Waals surface area contributed by atoms with E-state index in [2.05, 4.69) is 11.4 Å². The molecule has 5 rings (SSSR count). The summed E-state index contributed by atoms with van der Waals surface area (Å²) in [6, 6.07) is 31.1. The summed E-state index contributed by atoms with van der Waals surface area (Å²) in [4.78, 5) is 27.6. The largest absolute Gasteiger partial charge is 0.488 e. The number of nitrogens with one attached hydrogen (secondary N) is 1. The lowest BCUT2D eigenvalue weighted by atomic mass is 10.0. The Morgan fingerprint density at radius 2 is 1.65 bits per heavy atom. The Morgan fingerprint density at radius 1 is 0.892 bits per heavy atom. The van der Waals surface area contributed by atoms with Crippen LogP contribution in [0.5, 0.6) is 5.75 Å². The molecular formula is C31H30N2O4. The van der Waals surface area contributed by atoms with Crippen LogP contribution < -0.4 is 10.1 Å². The predicted molar refractivity (Wildman–Crippen MR) is 144 cm³/mol. The molecule has 4 aromatic carbocycles. The number of nitrogens with zero attached hydrogens (tertiary/aromatic N) is 1. The van der Waals surface area contributed by atoms with Crippen molar-refractivity contribution in [1.82, 2.24) is 10.2 Å². The lowest BCUT2D eigenvalue weighted by molar-refractivity contribution is 0.0787. The molecule has 1 heterocycles. The molecule has 0 saturated carbocycles. The standard InChI is InChI=1S/C31H30N2O4/c34-30(28-16-8-14-24-12-4-6-15-27(24)28)32-18-9-19-33(31(35)36-22-23-10-2-1-3-11-23)21-26-20-25-13-5-7-17-29(25)37-26/h1-8,10-17,26H,9,18-22H2,(H,32,34). The predicted octanol–water partition coefficient (Wildman–Crippen LogP) is 5.60. The van der Waals surface area contributed by atoms with E-state index in [1.807, 2.05) is 91.0 Å². The van der Waals surface area contributed by atoms with E-state index in [0.29, 0.717) is 31.6 Å². The first-order chi connectivity index (χ1) is 18.2. The molecule has 6 nitrogen and oxygen atoms in total. The third-order valence-corrected chi connectivity index (χ3v) is 6.53. The molecule has 188 valence electrons. The minimum absolute atomic E-state index is 0.121. The van der Waals surface area contributed by atoms with Gasteiger partial charge < -0.3 is 19.7 Å². The van der Waals surface area contributed by atoms with Gasteiger partial charge in [0.15, 0.2) is 0 Å². The molecule has 0 radical (unpaired) electrons. The Bertz CT molecular complexity index is 1340. The van der Waals surface area contributed by atoms with Gasteiger partial charge in [-0.25, -0.2) is 4.79 Å². The van der Waals surface area contributed by atoms with Crippen molar-refractivity contribution in [3.63, 3.8) is 0 Å². The Kier molecular flexibility index (Phi) is 7.65. The maximum Gasteiger partial charge on any atom is 0.410 e. The van der Waals surface area contributed by atoms with E-state index in [4.69, 9.17) is 9.47 Å². The Hall–Kier alpha value is -4.32. The van der Waals surface area contributed by atoms with E-state index in [-0.39, 0.29) is 24.7 Å². The first-order valence-electron chi connectivity index (χ1n) is 12.6. The molecule has 37 heavy (non-hydrogen) atoms. The highest BCUT2D eigenvalue weighted by atomic mass is 16.6. The average Bonchev–Trinajstić information content (AvgIpc) is 3.36. The number of rotatable bonds is 9. The number of carbonyl (C=O) groups is 2. The van der Waals surface area contributed by atoms with Gasteiger partial charge in [0.25, 0.3) is 5.91 Å². The van der Waals surface area contributed by atoms with Gasteiger partial charge in [0.1, 0.15) is 18.5 Å². The van der Waals surface area contributed by atoms with Crippen molar-refractivity contribution in [2.24, 2.45) is 0 Å². The summed E-state index contributed by atoms with van der Waals surface area (Å²) < 4.78 is 11.7. The smallest absolute Gasteiger partial charge is 0.410 e. The van der Waals surface area contributed by atoms with Crippen LogP contribution in [0.25, 0.3) is 10.8 Å². The van der Waals surface area contributed by atoms with Crippen LogP contribution in [0.1, 0.15) is 27.9 Å². The monoisotopic (exact) mass is 494 g/mol. The molecule has 1 unspecified atom stereocenters. The van der Waals surface area contributed by atoms with Gasteiger partial charge in [-0.2, -0.15) is 0 Å². The summed E-state index contributed by atoms with van der Waals surface area (Å²) in [5.74, 6) is 0.747. The summed E-state index contributed by atoms with van der Waals surface area (Å²) in [6.45, 7) is 1.51. The zero-order chi connectivity index (χ0) is 25.5. The van der Waals surface area contributed by atoms with E-state index in [1.165, 1.54) is 0 Å². The second-order valence-electron chi connectivity index (χ2n) is 9.17. The third-order valence-electron chi connectivity index (χ3n) is 6.53. The van der Waals surface area contributed by atoms with Crippen molar-refractivity contribution in [3.05, 3.63) is 114 Å². The second kappa shape index (κ2) is 11.6. The molecule has 0 fully saturated rings. The number of fused-ring (bicyclic) bond motifs is 2. The number of hydrogen-bond acceptors (Lipinski definition) is 4. The molecule has 0 saturated heterocycles. The molecule has 1 aliphatic heterocycles. The molecule has 2 amide bonds. The number of benzene rings is 4. The summed E-state index contributed by atoms with van der Waals surface area (Å²) in [7, 11) is 0. The van der Waals surface area contributed by atoms with Crippen molar-refractivity contribution in [2.45, 2.75) is 25.6 Å². The number of ether oxygens (including phenoxy) is 2. The van der Waals surface area contributed by atoms with E-state index in [1.54, 1.807) is 4.90 Å². The van der Waals surface area contributed by atoms with Gasteiger partial charge in [-0.05, 0) is 40.5 Å². The Balaban J connectivity index is 1.18. The van der Waals surface area contributed by atoms with Gasteiger partial charge in [-0.1, -0.05) is 84.9 Å². The third kappa shape index (κ3) is 6.09. The van der Waals surface area contributed by atoms with Gasteiger partial charge in [0.05, 0.1) is 6.54 Å². The van der Waals surface area contributed by atoms with Gasteiger partial charge in [-0.15, -0.1) is 0 Å². The molecule has 6 heteroatoms. The van der Waals surface area contributed by atoms with Gasteiger partial charge >= 0.3 is 6.09 Å². The van der Waals surface area contributed by atoms with Crippen LogP contribution in [0.4, 0.5) is 4.79 Å². The fourth-order valence-electron chi connectivity index (χ4n) is 4.66. The molecule has 1 N–H and O–H groups in total. The fourth-order valence-corrected chi connectivity index (χ4v) is 4.66. The molecule has 0 spiro atoms. The van der Waals surface area contributed by atoms with Crippen LogP contribution in [0, 0.1) is 0 Å². The van der Waals surface area contributed by atoms with Gasteiger partial charge in [-0.3, -0.25) is 4.79 Å². The lowest BCUT2D eigenvalue weighted by Gasteiger charge is -2.25. The number of hydrogen-bond donors (Lipinski definition) is 1. The van der Waals surface area contributed by atoms with Crippen LogP contribution >= 0.6 is 0 Å². The van der Waals surface area contributed by atoms with Crippen LogP contribution in [0.3, 0.4) is 0 Å². The average molecular weight is 495 g/mol. The van der Waals surface area contributed by atoms with Crippen molar-refractivity contribution >= 4 is 22.8 Å². The number of carbonyl (C=O) groups excluding carboxylic acids is 2. The molecular weight excluding hydrogens is 464 g/mol. The summed E-state index contributed by atoms with van der Waals surface area (Å²) >= 11 is 0. The number of amides is 2. The zero-order valence-electron chi connectivity index (χ0n) is 20.6. The van der Waals surface area contributed by atoms with Crippen molar-refractivity contribution < 1.29 is 19.1 Å².